The molecule has 0 radical (unpaired) electrons. The maximum Gasteiger partial charge on any atom is 0.324 e. The van der Waals surface area contributed by atoms with Crippen molar-refractivity contribution in [1.82, 2.24) is 9.03 Å². The molecule has 0 aliphatic carbocycles. The summed E-state index contributed by atoms with van der Waals surface area (Å²) in [7, 11) is -3.72. The lowest BCUT2D eigenvalue weighted by molar-refractivity contribution is -0.146. The third-order valence-electron chi connectivity index (χ3n) is 4.09. The van der Waals surface area contributed by atoms with Gasteiger partial charge in [-0.1, -0.05) is 13.8 Å². The molecule has 1 atom stereocenters. The Kier molecular flexibility index (Phi) is 6.58. The van der Waals surface area contributed by atoms with Gasteiger partial charge in [-0.25, -0.2) is 4.72 Å². The van der Waals surface area contributed by atoms with Crippen molar-refractivity contribution in [3.8, 4) is 0 Å². The lowest BCUT2D eigenvalue weighted by Gasteiger charge is -2.29. The molecule has 1 rings (SSSR count). The summed E-state index contributed by atoms with van der Waals surface area (Å²) >= 11 is 0. The first kappa shape index (κ1) is 18.3. The normalized spacial score (nSPS) is 20.7. The number of nitrogens with zero attached hydrogens (tertiary/aromatic N) is 1. The number of esters is 1. The van der Waals surface area contributed by atoms with Crippen LogP contribution in [-0.2, 0) is 19.7 Å². The number of carbonyl (C=O) groups excluding carboxylic acids is 1. The molecule has 1 unspecified atom stereocenters. The highest BCUT2D eigenvalue weighted by molar-refractivity contribution is 7.87. The zero-order valence-corrected chi connectivity index (χ0v) is 13.9. The van der Waals surface area contributed by atoms with E-state index in [9.17, 15) is 13.2 Å². The summed E-state index contributed by atoms with van der Waals surface area (Å²) in [6.07, 6.45) is 2.50. The number of rotatable bonds is 8. The third-order valence-corrected chi connectivity index (χ3v) is 5.65. The zero-order valence-electron chi connectivity index (χ0n) is 13.1. The van der Waals surface area contributed by atoms with E-state index in [1.807, 2.05) is 13.8 Å². The molecular weight excluding hydrogens is 294 g/mol. The van der Waals surface area contributed by atoms with Gasteiger partial charge in [-0.2, -0.15) is 12.7 Å². The second-order valence-corrected chi connectivity index (χ2v) is 7.12. The van der Waals surface area contributed by atoms with Crippen LogP contribution in [0.4, 0.5) is 0 Å². The van der Waals surface area contributed by atoms with Gasteiger partial charge in [0, 0.05) is 18.6 Å². The van der Waals surface area contributed by atoms with Crippen molar-refractivity contribution in [2.75, 3.05) is 19.7 Å². The van der Waals surface area contributed by atoms with Crippen LogP contribution in [0.1, 0.15) is 46.5 Å². The van der Waals surface area contributed by atoms with Gasteiger partial charge in [-0.05, 0) is 32.6 Å². The van der Waals surface area contributed by atoms with Crippen LogP contribution in [0.15, 0.2) is 0 Å². The molecular formula is C13H27N3O4S. The number of ether oxygens (including phenoxy) is 1. The average molecular weight is 321 g/mol. The van der Waals surface area contributed by atoms with Crippen LogP contribution in [0.3, 0.4) is 0 Å². The number of nitrogens with one attached hydrogen (secondary N) is 1. The maximum absolute atomic E-state index is 12.4. The van der Waals surface area contributed by atoms with Crippen LogP contribution < -0.4 is 10.5 Å². The molecule has 7 nitrogen and oxygen atoms in total. The smallest absolute Gasteiger partial charge is 0.324 e. The summed E-state index contributed by atoms with van der Waals surface area (Å²) in [4.78, 5) is 11.8. The Bertz CT molecular complexity index is 448. The van der Waals surface area contributed by atoms with Crippen molar-refractivity contribution in [1.29, 1.82) is 0 Å². The van der Waals surface area contributed by atoms with E-state index >= 15 is 0 Å². The first-order chi connectivity index (χ1) is 9.79. The van der Waals surface area contributed by atoms with Crippen molar-refractivity contribution in [2.45, 2.75) is 58.0 Å². The summed E-state index contributed by atoms with van der Waals surface area (Å²) in [5, 5.41) is 0. The average Bonchev–Trinajstić information content (AvgIpc) is 2.95. The molecule has 21 heavy (non-hydrogen) atoms. The predicted octanol–water partition coefficient (Wildman–Crippen LogP) is 0.366. The van der Waals surface area contributed by atoms with Gasteiger partial charge in [0.25, 0.3) is 10.2 Å². The van der Waals surface area contributed by atoms with Crippen molar-refractivity contribution in [2.24, 2.45) is 5.73 Å². The fourth-order valence-electron chi connectivity index (χ4n) is 2.32. The minimum atomic E-state index is -3.72. The van der Waals surface area contributed by atoms with Crippen LogP contribution >= 0.6 is 0 Å². The van der Waals surface area contributed by atoms with E-state index in [1.165, 1.54) is 4.31 Å². The molecule has 0 saturated carbocycles. The molecule has 0 amide bonds. The zero-order chi connectivity index (χ0) is 16.1. The van der Waals surface area contributed by atoms with E-state index in [2.05, 4.69) is 4.72 Å². The fourth-order valence-corrected chi connectivity index (χ4v) is 3.85. The van der Waals surface area contributed by atoms with Gasteiger partial charge in [0.2, 0.25) is 0 Å². The molecule has 0 aromatic rings. The Hall–Kier alpha value is -0.700. The monoisotopic (exact) mass is 321 g/mol. The van der Waals surface area contributed by atoms with Gasteiger partial charge >= 0.3 is 5.97 Å². The quantitative estimate of drug-likeness (QED) is 0.629. The SMILES string of the molecule is CCOC(=O)C1CCCN1S(=O)(=O)NCC(N)(CC)CC. The lowest BCUT2D eigenvalue weighted by Crippen LogP contribution is -2.54. The van der Waals surface area contributed by atoms with E-state index in [0.717, 1.165) is 0 Å². The van der Waals surface area contributed by atoms with E-state index in [1.54, 1.807) is 6.92 Å². The number of carbonyl (C=O) groups is 1. The van der Waals surface area contributed by atoms with Gasteiger partial charge in [-0.3, -0.25) is 4.79 Å². The fraction of sp³-hybridized carbons (Fsp3) is 0.923. The maximum atomic E-state index is 12.4. The molecule has 0 aromatic heterocycles. The summed E-state index contributed by atoms with van der Waals surface area (Å²) in [5.41, 5.74) is 5.54. The number of nitrogens with two attached hydrogens (primary N) is 1. The van der Waals surface area contributed by atoms with Crippen LogP contribution in [0, 0.1) is 0 Å². The predicted molar refractivity (Wildman–Crippen MR) is 80.8 cm³/mol. The second-order valence-electron chi connectivity index (χ2n) is 5.42. The van der Waals surface area contributed by atoms with Gasteiger partial charge < -0.3 is 10.5 Å². The van der Waals surface area contributed by atoms with Crippen LogP contribution in [-0.4, -0.2) is 50.0 Å². The Labute approximate surface area is 127 Å². The molecule has 124 valence electrons. The molecule has 0 bridgehead atoms. The van der Waals surface area contributed by atoms with Crippen LogP contribution in [0.25, 0.3) is 0 Å². The standard InChI is InChI=1S/C13H27N3O4S/c1-4-13(14,5-2)10-15-21(18,19)16-9-7-8-11(16)12(17)20-6-3/h11,15H,4-10,14H2,1-3H3. The Morgan fingerprint density at radius 3 is 2.52 bits per heavy atom. The van der Waals surface area contributed by atoms with Gasteiger partial charge in [0.1, 0.15) is 6.04 Å². The molecule has 3 N–H and O–H groups in total. The van der Waals surface area contributed by atoms with Gasteiger partial charge in [0.05, 0.1) is 6.61 Å². The minimum absolute atomic E-state index is 0.161. The topological polar surface area (TPSA) is 102 Å². The van der Waals surface area contributed by atoms with Crippen molar-refractivity contribution in [3.63, 3.8) is 0 Å². The number of hydrogen-bond donors (Lipinski definition) is 2. The number of hydrogen-bond acceptors (Lipinski definition) is 5. The summed E-state index contributed by atoms with van der Waals surface area (Å²) < 4.78 is 33.4. The van der Waals surface area contributed by atoms with Crippen molar-refractivity contribution in [3.05, 3.63) is 0 Å². The molecule has 0 aromatic carbocycles. The summed E-state index contributed by atoms with van der Waals surface area (Å²) in [5.74, 6) is -0.481. The molecule has 8 heteroatoms. The molecule has 0 spiro atoms. The lowest BCUT2D eigenvalue weighted by atomic mass is 9.95. The molecule has 1 fully saturated rings. The van der Waals surface area contributed by atoms with Crippen molar-refractivity contribution < 1.29 is 17.9 Å². The summed E-state index contributed by atoms with van der Waals surface area (Å²) in [6, 6.07) is -0.724. The van der Waals surface area contributed by atoms with E-state index in [4.69, 9.17) is 10.5 Å². The van der Waals surface area contributed by atoms with E-state index in [-0.39, 0.29) is 13.2 Å². The first-order valence-corrected chi connectivity index (χ1v) is 8.95. The van der Waals surface area contributed by atoms with Crippen LogP contribution in [0.2, 0.25) is 0 Å². The van der Waals surface area contributed by atoms with Crippen molar-refractivity contribution >= 4 is 16.2 Å². The highest BCUT2D eigenvalue weighted by Gasteiger charge is 2.40. The van der Waals surface area contributed by atoms with E-state index in [0.29, 0.717) is 32.2 Å². The Balaban J connectivity index is 2.75. The molecule has 1 aliphatic rings. The van der Waals surface area contributed by atoms with Gasteiger partial charge in [-0.15, -0.1) is 0 Å². The highest BCUT2D eigenvalue weighted by atomic mass is 32.2. The Morgan fingerprint density at radius 1 is 1.38 bits per heavy atom. The molecule has 1 heterocycles. The molecule has 1 aliphatic heterocycles. The third kappa shape index (κ3) is 4.64. The van der Waals surface area contributed by atoms with Crippen LogP contribution in [0.5, 0.6) is 0 Å². The second kappa shape index (κ2) is 7.53. The summed E-state index contributed by atoms with van der Waals surface area (Å²) in [6.45, 7) is 6.29. The molecule has 1 saturated heterocycles. The Morgan fingerprint density at radius 2 is 2.00 bits per heavy atom. The van der Waals surface area contributed by atoms with Gasteiger partial charge in [0.15, 0.2) is 0 Å². The minimum Gasteiger partial charge on any atom is -0.465 e. The highest BCUT2D eigenvalue weighted by Crippen LogP contribution is 2.22. The first-order valence-electron chi connectivity index (χ1n) is 7.51. The largest absolute Gasteiger partial charge is 0.465 e. The van der Waals surface area contributed by atoms with E-state index < -0.39 is 27.8 Å².